The fourth-order valence-corrected chi connectivity index (χ4v) is 3.22. The summed E-state index contributed by atoms with van der Waals surface area (Å²) in [4.78, 5) is 46.5. The summed E-state index contributed by atoms with van der Waals surface area (Å²) in [5.41, 5.74) is -1.40. The molecule has 11 nitrogen and oxygen atoms in total. The zero-order valence-corrected chi connectivity index (χ0v) is 25.4. The molecule has 0 saturated heterocycles. The van der Waals surface area contributed by atoms with Gasteiger partial charge in [-0.25, -0.2) is 0 Å². The smallest absolute Gasteiger partial charge is 0.542 e. The van der Waals surface area contributed by atoms with Crippen LogP contribution in [0, 0.1) is 0 Å². The normalized spacial score (nSPS) is 10.5. The van der Waals surface area contributed by atoms with Crippen molar-refractivity contribution in [3.63, 3.8) is 0 Å². The van der Waals surface area contributed by atoms with Crippen molar-refractivity contribution in [2.24, 2.45) is 0 Å². The maximum Gasteiger partial charge on any atom is 1.00 e. The fourth-order valence-electron chi connectivity index (χ4n) is 3.22. The van der Waals surface area contributed by atoms with Gasteiger partial charge in [-0.05, 0) is 24.3 Å². The molecule has 0 amide bonds. The van der Waals surface area contributed by atoms with Crippen LogP contribution in [0.15, 0.2) is 67.0 Å². The van der Waals surface area contributed by atoms with Gasteiger partial charge in [-0.15, -0.1) is 0 Å². The number of carbonyl (C=O) groups is 2. The van der Waals surface area contributed by atoms with Gasteiger partial charge in [-0.1, -0.05) is 12.1 Å². The third-order valence-corrected chi connectivity index (χ3v) is 4.70. The summed E-state index contributed by atoms with van der Waals surface area (Å²) in [5, 5.41) is 32.1. The van der Waals surface area contributed by atoms with E-state index < -0.39 is 40.4 Å². The van der Waals surface area contributed by atoms with Crippen LogP contribution in [-0.2, 0) is 0 Å². The first-order valence-electron chi connectivity index (χ1n) is 9.74. The Bertz CT molecular complexity index is 1430. The number of carboxylic acid groups (broad SMARTS) is 2. The molecule has 0 unspecified atom stereocenters. The SMILES string of the molecule is O=C([O-])c1cc(=O)c2c(OCC(O)COc3cccc4oc(C(=O)[O-])cc(=O)c34)cccc2o1.[K+].[K+]. The summed E-state index contributed by atoms with van der Waals surface area (Å²) in [6.45, 7) is -0.649. The topological polar surface area (TPSA) is 179 Å². The van der Waals surface area contributed by atoms with E-state index in [1.165, 1.54) is 36.4 Å². The largest absolute Gasteiger partial charge is 1.00 e. The average molecular weight is 545 g/mol. The molecule has 36 heavy (non-hydrogen) atoms. The van der Waals surface area contributed by atoms with Crippen LogP contribution in [0.5, 0.6) is 11.5 Å². The predicted molar refractivity (Wildman–Crippen MR) is 111 cm³/mol. The monoisotopic (exact) mass is 544 g/mol. The van der Waals surface area contributed by atoms with Gasteiger partial charge >= 0.3 is 103 Å². The molecule has 1 N–H and O–H groups in total. The van der Waals surface area contributed by atoms with Crippen LogP contribution in [0.4, 0.5) is 0 Å². The Balaban J connectivity index is 0.00000228. The van der Waals surface area contributed by atoms with Crippen molar-refractivity contribution in [3.8, 4) is 11.5 Å². The van der Waals surface area contributed by atoms with Gasteiger partial charge in [-0.3, -0.25) is 9.59 Å². The van der Waals surface area contributed by atoms with Crippen LogP contribution in [0.3, 0.4) is 0 Å². The molecule has 0 fully saturated rings. The van der Waals surface area contributed by atoms with Crippen molar-refractivity contribution < 1.29 is 146 Å². The van der Waals surface area contributed by atoms with E-state index in [-0.39, 0.29) is 149 Å². The summed E-state index contributed by atoms with van der Waals surface area (Å²) in [6.07, 6.45) is -1.21. The number of carbonyl (C=O) groups excluding carboxylic acids is 2. The van der Waals surface area contributed by atoms with E-state index >= 15 is 0 Å². The van der Waals surface area contributed by atoms with E-state index in [0.29, 0.717) is 0 Å². The summed E-state index contributed by atoms with van der Waals surface area (Å²) >= 11 is 0. The Morgan fingerprint density at radius 3 is 1.53 bits per heavy atom. The number of aliphatic hydroxyl groups excluding tert-OH is 1. The molecular formula is C23H14K2O11. The number of aliphatic hydroxyl groups is 1. The molecule has 0 aliphatic carbocycles. The number of benzene rings is 2. The van der Waals surface area contributed by atoms with E-state index in [1.54, 1.807) is 0 Å². The Hall–Kier alpha value is -1.37. The molecule has 0 bridgehead atoms. The van der Waals surface area contributed by atoms with Crippen molar-refractivity contribution in [2.75, 3.05) is 13.2 Å². The minimum Gasteiger partial charge on any atom is -0.542 e. The molecule has 0 saturated carbocycles. The second kappa shape index (κ2) is 13.4. The van der Waals surface area contributed by atoms with Crippen LogP contribution in [-0.4, -0.2) is 36.4 Å². The molecule has 0 aliphatic heterocycles. The Morgan fingerprint density at radius 1 is 0.778 bits per heavy atom. The maximum atomic E-state index is 12.3. The molecule has 0 atom stereocenters. The molecule has 13 heteroatoms. The van der Waals surface area contributed by atoms with Crippen molar-refractivity contribution >= 4 is 33.9 Å². The van der Waals surface area contributed by atoms with E-state index in [4.69, 9.17) is 18.3 Å². The van der Waals surface area contributed by atoms with Crippen molar-refractivity contribution in [2.45, 2.75) is 6.10 Å². The number of ether oxygens (including phenoxy) is 2. The molecule has 174 valence electrons. The first kappa shape index (κ1) is 30.9. The Labute approximate surface area is 286 Å². The average Bonchev–Trinajstić information content (AvgIpc) is 2.80. The zero-order valence-electron chi connectivity index (χ0n) is 19.1. The van der Waals surface area contributed by atoms with Crippen LogP contribution in [0.25, 0.3) is 21.9 Å². The number of rotatable bonds is 8. The van der Waals surface area contributed by atoms with E-state index in [2.05, 4.69) is 0 Å². The quantitative estimate of drug-likeness (QED) is 0.208. The Morgan fingerprint density at radius 2 is 1.17 bits per heavy atom. The van der Waals surface area contributed by atoms with Gasteiger partial charge in [0.25, 0.3) is 0 Å². The molecule has 0 spiro atoms. The fraction of sp³-hybridized carbons (Fsp3) is 0.130. The molecule has 0 radical (unpaired) electrons. The van der Waals surface area contributed by atoms with Gasteiger partial charge in [-0.2, -0.15) is 0 Å². The summed E-state index contributed by atoms with van der Waals surface area (Å²) in [5.74, 6) is -4.44. The van der Waals surface area contributed by atoms with Gasteiger partial charge in [0, 0.05) is 12.1 Å². The first-order valence-corrected chi connectivity index (χ1v) is 9.74. The molecule has 2 aromatic heterocycles. The van der Waals surface area contributed by atoms with Crippen molar-refractivity contribution in [1.29, 1.82) is 0 Å². The number of hydrogen-bond donors (Lipinski definition) is 1. The van der Waals surface area contributed by atoms with Crippen LogP contribution < -0.4 is 133 Å². The van der Waals surface area contributed by atoms with Crippen molar-refractivity contribution in [3.05, 3.63) is 80.5 Å². The van der Waals surface area contributed by atoms with Crippen LogP contribution in [0.1, 0.15) is 21.1 Å². The first-order chi connectivity index (χ1) is 16.2. The zero-order chi connectivity index (χ0) is 24.4. The summed E-state index contributed by atoms with van der Waals surface area (Å²) in [6, 6.07) is 10.1. The molecule has 4 rings (SSSR count). The van der Waals surface area contributed by atoms with Crippen LogP contribution in [0.2, 0.25) is 0 Å². The summed E-state index contributed by atoms with van der Waals surface area (Å²) < 4.78 is 21.2. The molecule has 2 aromatic carbocycles. The number of carboxylic acids is 2. The minimum absolute atomic E-state index is 0. The number of aromatic carboxylic acids is 2. The van der Waals surface area contributed by atoms with Gasteiger partial charge < -0.3 is 43.2 Å². The van der Waals surface area contributed by atoms with Crippen LogP contribution >= 0.6 is 0 Å². The third-order valence-electron chi connectivity index (χ3n) is 4.70. The molecule has 2 heterocycles. The van der Waals surface area contributed by atoms with E-state index in [0.717, 1.165) is 12.1 Å². The number of fused-ring (bicyclic) bond motifs is 2. The predicted octanol–water partition coefficient (Wildman–Crippen LogP) is -6.55. The second-order valence-corrected chi connectivity index (χ2v) is 7.06. The number of hydrogen-bond acceptors (Lipinski definition) is 11. The van der Waals surface area contributed by atoms with Crippen molar-refractivity contribution in [1.82, 2.24) is 0 Å². The van der Waals surface area contributed by atoms with Gasteiger partial charge in [0.1, 0.15) is 64.7 Å². The molecular weight excluding hydrogens is 530 g/mol. The standard InChI is InChI=1S/C23H16O11.2K/c24-11(9-31-14-3-1-5-16-20(14)12(25)7-18(33-16)22(27)28)10-32-15-4-2-6-17-21(15)13(26)8-19(34-17)23(29)30;;/h1-8,11,24H,9-10H2,(H,27,28)(H,29,30);;/q;2*+1/p-2. The van der Waals surface area contributed by atoms with E-state index in [1.807, 2.05) is 0 Å². The molecule has 4 aromatic rings. The maximum absolute atomic E-state index is 12.3. The minimum atomic E-state index is -1.64. The van der Waals surface area contributed by atoms with Gasteiger partial charge in [0.2, 0.25) is 0 Å². The van der Waals surface area contributed by atoms with Gasteiger partial charge in [0.15, 0.2) is 22.4 Å². The second-order valence-electron chi connectivity index (χ2n) is 7.06. The van der Waals surface area contributed by atoms with Gasteiger partial charge in [0.05, 0.1) is 0 Å². The van der Waals surface area contributed by atoms with E-state index in [9.17, 15) is 34.5 Å². The Kier molecular flexibility index (Phi) is 11.5. The third kappa shape index (κ3) is 6.93. The summed E-state index contributed by atoms with van der Waals surface area (Å²) in [7, 11) is 0. The molecule has 0 aliphatic rings.